The first-order valence-corrected chi connectivity index (χ1v) is 11.9. The van der Waals surface area contributed by atoms with Gasteiger partial charge in [0.15, 0.2) is 11.5 Å². The number of carbonyl (C=O) groups is 1. The average Bonchev–Trinajstić information content (AvgIpc) is 2.90. The Labute approximate surface area is 210 Å². The van der Waals surface area contributed by atoms with Crippen molar-refractivity contribution < 1.29 is 18.7 Å². The van der Waals surface area contributed by atoms with Gasteiger partial charge in [-0.05, 0) is 73.5 Å². The van der Waals surface area contributed by atoms with E-state index < -0.39 is 6.17 Å². The fraction of sp³-hybridized carbons (Fsp3) is 0.167. The molecule has 0 aliphatic carbocycles. The van der Waals surface area contributed by atoms with Crippen LogP contribution in [0, 0.1) is 12.7 Å². The third kappa shape index (κ3) is 4.75. The largest absolute Gasteiger partial charge is 0.490 e. The number of para-hydroxylation sites is 1. The lowest BCUT2D eigenvalue weighted by Gasteiger charge is -2.38. The highest BCUT2D eigenvalue weighted by Crippen LogP contribution is 2.39. The summed E-state index contributed by atoms with van der Waals surface area (Å²) in [7, 11) is 0. The number of amides is 1. The first kappa shape index (κ1) is 23.4. The topological polar surface area (TPSA) is 50.8 Å². The molecule has 0 fully saturated rings. The number of benzene rings is 4. The number of anilines is 2. The quantitative estimate of drug-likeness (QED) is 0.312. The SMILES string of the molecule is CCOc1cc(C2Nc3ccccc3C(=O)N2c2ccc(C)cc2)ccc1OCc1ccc(F)cc1. The number of hydrogen-bond acceptors (Lipinski definition) is 4. The van der Waals surface area contributed by atoms with Gasteiger partial charge in [-0.1, -0.05) is 48.0 Å². The van der Waals surface area contributed by atoms with Crippen molar-refractivity contribution in [2.24, 2.45) is 0 Å². The van der Waals surface area contributed by atoms with Gasteiger partial charge in [0.25, 0.3) is 5.91 Å². The van der Waals surface area contributed by atoms with Crippen LogP contribution in [0.15, 0.2) is 91.0 Å². The average molecular weight is 483 g/mol. The van der Waals surface area contributed by atoms with Crippen molar-refractivity contribution in [2.45, 2.75) is 26.6 Å². The third-order valence-corrected chi connectivity index (χ3v) is 6.13. The van der Waals surface area contributed by atoms with Gasteiger partial charge in [-0.3, -0.25) is 9.69 Å². The zero-order valence-electron chi connectivity index (χ0n) is 20.2. The van der Waals surface area contributed by atoms with Gasteiger partial charge in [-0.2, -0.15) is 0 Å². The highest BCUT2D eigenvalue weighted by Gasteiger charge is 2.34. The number of carbonyl (C=O) groups excluding carboxylic acids is 1. The molecule has 5 nitrogen and oxygen atoms in total. The Morgan fingerprint density at radius 3 is 2.39 bits per heavy atom. The fourth-order valence-electron chi connectivity index (χ4n) is 4.28. The van der Waals surface area contributed by atoms with E-state index in [9.17, 15) is 9.18 Å². The molecule has 182 valence electrons. The summed E-state index contributed by atoms with van der Waals surface area (Å²) in [5, 5.41) is 3.53. The van der Waals surface area contributed by atoms with E-state index in [0.29, 0.717) is 23.7 Å². The van der Waals surface area contributed by atoms with E-state index in [0.717, 1.165) is 28.1 Å². The van der Waals surface area contributed by atoms with Crippen LogP contribution in [0.3, 0.4) is 0 Å². The lowest BCUT2D eigenvalue weighted by molar-refractivity contribution is 0.0975. The molecule has 1 unspecified atom stereocenters. The molecule has 36 heavy (non-hydrogen) atoms. The molecule has 1 atom stereocenters. The van der Waals surface area contributed by atoms with E-state index in [4.69, 9.17) is 9.47 Å². The molecule has 0 bridgehead atoms. The van der Waals surface area contributed by atoms with Crippen LogP contribution in [0.25, 0.3) is 0 Å². The second-order valence-corrected chi connectivity index (χ2v) is 8.66. The summed E-state index contributed by atoms with van der Waals surface area (Å²) in [6.45, 7) is 4.67. The maximum atomic E-state index is 13.7. The molecule has 0 spiro atoms. The third-order valence-electron chi connectivity index (χ3n) is 6.13. The highest BCUT2D eigenvalue weighted by atomic mass is 19.1. The van der Waals surface area contributed by atoms with E-state index in [-0.39, 0.29) is 18.3 Å². The van der Waals surface area contributed by atoms with Crippen molar-refractivity contribution in [3.05, 3.63) is 119 Å². The minimum Gasteiger partial charge on any atom is -0.490 e. The molecule has 0 saturated carbocycles. The van der Waals surface area contributed by atoms with Crippen LogP contribution in [-0.4, -0.2) is 12.5 Å². The zero-order valence-corrected chi connectivity index (χ0v) is 20.2. The number of rotatable bonds is 7. The van der Waals surface area contributed by atoms with Crippen molar-refractivity contribution in [1.29, 1.82) is 0 Å². The van der Waals surface area contributed by atoms with E-state index in [1.807, 2.05) is 80.6 Å². The molecule has 0 radical (unpaired) electrons. The van der Waals surface area contributed by atoms with Crippen LogP contribution >= 0.6 is 0 Å². The van der Waals surface area contributed by atoms with Gasteiger partial charge in [0.05, 0.1) is 12.2 Å². The molecule has 1 aliphatic heterocycles. The number of ether oxygens (including phenoxy) is 2. The number of halogens is 1. The first-order valence-electron chi connectivity index (χ1n) is 11.9. The summed E-state index contributed by atoms with van der Waals surface area (Å²) < 4.78 is 25.2. The summed E-state index contributed by atoms with van der Waals surface area (Å²) >= 11 is 0. The molecular formula is C30H27FN2O3. The summed E-state index contributed by atoms with van der Waals surface area (Å²) in [5.41, 5.74) is 5.03. The van der Waals surface area contributed by atoms with Crippen molar-refractivity contribution in [3.63, 3.8) is 0 Å². The number of hydrogen-bond donors (Lipinski definition) is 1. The van der Waals surface area contributed by atoms with Gasteiger partial charge in [-0.25, -0.2) is 4.39 Å². The summed E-state index contributed by atoms with van der Waals surface area (Å²) in [6.07, 6.45) is -0.444. The van der Waals surface area contributed by atoms with Gasteiger partial charge < -0.3 is 14.8 Å². The number of fused-ring (bicyclic) bond motifs is 1. The van der Waals surface area contributed by atoms with Crippen molar-refractivity contribution in [1.82, 2.24) is 0 Å². The van der Waals surface area contributed by atoms with E-state index in [2.05, 4.69) is 5.32 Å². The van der Waals surface area contributed by atoms with Crippen molar-refractivity contribution in [2.75, 3.05) is 16.8 Å². The molecule has 0 aromatic heterocycles. The summed E-state index contributed by atoms with van der Waals surface area (Å²) in [5.74, 6) is 0.795. The minimum atomic E-state index is -0.444. The molecular weight excluding hydrogens is 455 g/mol. The summed E-state index contributed by atoms with van der Waals surface area (Å²) in [6, 6.07) is 27.3. The Bertz CT molecular complexity index is 1370. The lowest BCUT2D eigenvalue weighted by Crippen LogP contribution is -2.43. The predicted molar refractivity (Wildman–Crippen MR) is 139 cm³/mol. The molecule has 6 heteroatoms. The molecule has 1 heterocycles. The number of aryl methyl sites for hydroxylation is 1. The summed E-state index contributed by atoms with van der Waals surface area (Å²) in [4.78, 5) is 15.4. The molecule has 5 rings (SSSR count). The van der Waals surface area contributed by atoms with Crippen LogP contribution in [0.2, 0.25) is 0 Å². The maximum Gasteiger partial charge on any atom is 0.262 e. The normalized spacial score (nSPS) is 14.7. The molecule has 1 N–H and O–H groups in total. The highest BCUT2D eigenvalue weighted by molar-refractivity contribution is 6.12. The second kappa shape index (κ2) is 10.1. The maximum absolute atomic E-state index is 13.7. The fourth-order valence-corrected chi connectivity index (χ4v) is 4.28. The Morgan fingerprint density at radius 2 is 1.64 bits per heavy atom. The van der Waals surface area contributed by atoms with Crippen molar-refractivity contribution >= 4 is 17.3 Å². The Balaban J connectivity index is 1.50. The van der Waals surface area contributed by atoms with Gasteiger partial charge >= 0.3 is 0 Å². The molecule has 1 amide bonds. The lowest BCUT2D eigenvalue weighted by atomic mass is 10.0. The first-order chi connectivity index (χ1) is 17.5. The van der Waals surface area contributed by atoms with E-state index in [1.54, 1.807) is 17.0 Å². The van der Waals surface area contributed by atoms with Crippen LogP contribution in [0.5, 0.6) is 11.5 Å². The molecule has 1 aliphatic rings. The van der Waals surface area contributed by atoms with Crippen LogP contribution in [-0.2, 0) is 6.61 Å². The van der Waals surface area contributed by atoms with Crippen LogP contribution in [0.4, 0.5) is 15.8 Å². The zero-order chi connectivity index (χ0) is 25.1. The smallest absolute Gasteiger partial charge is 0.262 e. The van der Waals surface area contributed by atoms with Gasteiger partial charge in [-0.15, -0.1) is 0 Å². The van der Waals surface area contributed by atoms with E-state index in [1.165, 1.54) is 12.1 Å². The minimum absolute atomic E-state index is 0.0761. The van der Waals surface area contributed by atoms with Crippen LogP contribution < -0.4 is 19.7 Å². The number of nitrogens with zero attached hydrogens (tertiary/aromatic N) is 1. The van der Waals surface area contributed by atoms with Gasteiger partial charge in [0.1, 0.15) is 18.6 Å². The Kier molecular flexibility index (Phi) is 6.58. The van der Waals surface area contributed by atoms with Crippen LogP contribution in [0.1, 0.15) is 40.1 Å². The second-order valence-electron chi connectivity index (χ2n) is 8.66. The number of nitrogens with one attached hydrogen (secondary N) is 1. The Morgan fingerprint density at radius 1 is 0.889 bits per heavy atom. The monoisotopic (exact) mass is 482 g/mol. The van der Waals surface area contributed by atoms with Crippen molar-refractivity contribution in [3.8, 4) is 11.5 Å². The van der Waals surface area contributed by atoms with Gasteiger partial charge in [0.2, 0.25) is 0 Å². The standard InChI is InChI=1S/C30H27FN2O3/c1-3-35-28-18-22(12-17-27(28)36-19-21-10-13-23(31)14-11-21)29-32-26-7-5-4-6-25(26)30(34)33(29)24-15-8-20(2)9-16-24/h4-18,29,32H,3,19H2,1-2H3. The molecule has 0 saturated heterocycles. The molecule has 4 aromatic rings. The predicted octanol–water partition coefficient (Wildman–Crippen LogP) is 6.88. The Hall–Kier alpha value is -4.32. The molecule has 4 aromatic carbocycles. The van der Waals surface area contributed by atoms with Gasteiger partial charge in [0, 0.05) is 11.4 Å². The van der Waals surface area contributed by atoms with E-state index >= 15 is 0 Å².